The minimum atomic E-state index is -0.292. The first-order valence-corrected chi connectivity index (χ1v) is 5.45. The van der Waals surface area contributed by atoms with Crippen LogP contribution in [0.5, 0.6) is 5.75 Å². The van der Waals surface area contributed by atoms with Crippen LogP contribution in [0.2, 0.25) is 5.02 Å². The Labute approximate surface area is 104 Å². The van der Waals surface area contributed by atoms with Gasteiger partial charge in [0.05, 0.1) is 0 Å². The summed E-state index contributed by atoms with van der Waals surface area (Å²) in [6.07, 6.45) is 0. The lowest BCUT2D eigenvalue weighted by Gasteiger charge is -2.08. The van der Waals surface area contributed by atoms with Crippen LogP contribution >= 0.6 is 11.6 Å². The molecule has 0 radical (unpaired) electrons. The van der Waals surface area contributed by atoms with Crippen LogP contribution in [0.3, 0.4) is 0 Å². The number of nitrogen functional groups attached to an aromatic ring is 1. The van der Waals surface area contributed by atoms with Gasteiger partial charge in [-0.2, -0.15) is 0 Å². The first-order chi connectivity index (χ1) is 8.15. The Bertz CT molecular complexity index is 513. The van der Waals surface area contributed by atoms with E-state index in [4.69, 9.17) is 22.1 Å². The van der Waals surface area contributed by atoms with Gasteiger partial charge < -0.3 is 10.5 Å². The zero-order chi connectivity index (χ0) is 12.3. The van der Waals surface area contributed by atoms with Gasteiger partial charge in [0.1, 0.15) is 18.2 Å². The molecule has 88 valence electrons. The van der Waals surface area contributed by atoms with Crippen molar-refractivity contribution in [2.75, 3.05) is 5.73 Å². The van der Waals surface area contributed by atoms with Gasteiger partial charge in [-0.15, -0.1) is 0 Å². The molecule has 0 heterocycles. The third-order valence-electron chi connectivity index (χ3n) is 2.28. The van der Waals surface area contributed by atoms with E-state index in [1.165, 1.54) is 12.1 Å². The standard InChI is InChI=1S/C13H11ClFNO/c14-13-6-3-11(16)7-9(13)8-17-12-4-1-10(15)2-5-12/h1-7H,8,16H2. The Hall–Kier alpha value is -1.74. The predicted molar refractivity (Wildman–Crippen MR) is 66.6 cm³/mol. The van der Waals surface area contributed by atoms with Gasteiger partial charge in [-0.25, -0.2) is 4.39 Å². The normalized spacial score (nSPS) is 10.2. The minimum Gasteiger partial charge on any atom is -0.489 e. The third kappa shape index (κ3) is 3.11. The summed E-state index contributed by atoms with van der Waals surface area (Å²) < 4.78 is 18.1. The molecule has 2 nitrogen and oxygen atoms in total. The molecule has 2 aromatic rings. The molecule has 0 amide bonds. The fraction of sp³-hybridized carbons (Fsp3) is 0.0769. The van der Waals surface area contributed by atoms with Crippen molar-refractivity contribution in [3.63, 3.8) is 0 Å². The van der Waals surface area contributed by atoms with Crippen LogP contribution in [0.15, 0.2) is 42.5 Å². The van der Waals surface area contributed by atoms with Crippen molar-refractivity contribution < 1.29 is 9.13 Å². The molecule has 0 aliphatic rings. The van der Waals surface area contributed by atoms with Gasteiger partial charge in [-0.3, -0.25) is 0 Å². The lowest BCUT2D eigenvalue weighted by atomic mass is 10.2. The number of anilines is 1. The predicted octanol–water partition coefficient (Wildman–Crippen LogP) is 3.64. The number of hydrogen-bond acceptors (Lipinski definition) is 2. The SMILES string of the molecule is Nc1ccc(Cl)c(COc2ccc(F)cc2)c1. The van der Waals surface area contributed by atoms with Gasteiger partial charge in [0.15, 0.2) is 0 Å². The summed E-state index contributed by atoms with van der Waals surface area (Å²) in [5.41, 5.74) is 7.09. The van der Waals surface area contributed by atoms with E-state index in [-0.39, 0.29) is 5.82 Å². The maximum absolute atomic E-state index is 12.7. The average molecular weight is 252 g/mol. The zero-order valence-electron chi connectivity index (χ0n) is 8.99. The molecule has 0 aliphatic carbocycles. The Balaban J connectivity index is 2.07. The van der Waals surface area contributed by atoms with E-state index in [1.807, 2.05) is 0 Å². The number of ether oxygens (including phenoxy) is 1. The van der Waals surface area contributed by atoms with Crippen molar-refractivity contribution in [3.8, 4) is 5.75 Å². The number of hydrogen-bond donors (Lipinski definition) is 1. The van der Waals surface area contributed by atoms with E-state index in [1.54, 1.807) is 30.3 Å². The summed E-state index contributed by atoms with van der Waals surface area (Å²) in [4.78, 5) is 0. The van der Waals surface area contributed by atoms with Gasteiger partial charge >= 0.3 is 0 Å². The lowest BCUT2D eigenvalue weighted by molar-refractivity contribution is 0.306. The molecule has 2 aromatic carbocycles. The number of rotatable bonds is 3. The molecular weight excluding hydrogens is 241 g/mol. The fourth-order valence-electron chi connectivity index (χ4n) is 1.40. The highest BCUT2D eigenvalue weighted by atomic mass is 35.5. The zero-order valence-corrected chi connectivity index (χ0v) is 9.75. The number of benzene rings is 2. The van der Waals surface area contributed by atoms with E-state index < -0.39 is 0 Å². The fourth-order valence-corrected chi connectivity index (χ4v) is 1.57. The van der Waals surface area contributed by atoms with Crippen molar-refractivity contribution in [3.05, 3.63) is 58.9 Å². The Morgan fingerprint density at radius 1 is 1.12 bits per heavy atom. The second kappa shape index (κ2) is 5.06. The number of halogens is 2. The van der Waals surface area contributed by atoms with E-state index in [2.05, 4.69) is 0 Å². The molecule has 17 heavy (non-hydrogen) atoms. The molecule has 0 atom stereocenters. The summed E-state index contributed by atoms with van der Waals surface area (Å²) in [7, 11) is 0. The summed E-state index contributed by atoms with van der Waals surface area (Å²) in [6, 6.07) is 11.0. The van der Waals surface area contributed by atoms with Crippen LogP contribution < -0.4 is 10.5 Å². The summed E-state index contributed by atoms with van der Waals surface area (Å²) in [6.45, 7) is 0.301. The highest BCUT2D eigenvalue weighted by molar-refractivity contribution is 6.31. The first kappa shape index (κ1) is 11.7. The van der Waals surface area contributed by atoms with E-state index >= 15 is 0 Å². The molecule has 0 fully saturated rings. The molecule has 2 rings (SSSR count). The summed E-state index contributed by atoms with van der Waals surface area (Å²) in [5, 5.41) is 0.598. The van der Waals surface area contributed by atoms with Crippen molar-refractivity contribution in [1.82, 2.24) is 0 Å². The molecule has 0 unspecified atom stereocenters. The first-order valence-electron chi connectivity index (χ1n) is 5.07. The van der Waals surface area contributed by atoms with Crippen molar-refractivity contribution in [1.29, 1.82) is 0 Å². The average Bonchev–Trinajstić information content (AvgIpc) is 2.32. The summed E-state index contributed by atoms with van der Waals surface area (Å²) in [5.74, 6) is 0.296. The summed E-state index contributed by atoms with van der Waals surface area (Å²) >= 11 is 5.99. The molecular formula is C13H11ClFNO. The maximum Gasteiger partial charge on any atom is 0.123 e. The minimum absolute atomic E-state index is 0.292. The molecule has 0 saturated heterocycles. The van der Waals surface area contributed by atoms with Crippen LogP contribution in [-0.4, -0.2) is 0 Å². The second-order valence-electron chi connectivity index (χ2n) is 3.59. The molecule has 0 aliphatic heterocycles. The molecule has 0 spiro atoms. The molecule has 0 bridgehead atoms. The van der Waals surface area contributed by atoms with Gasteiger partial charge in [-0.1, -0.05) is 11.6 Å². The van der Waals surface area contributed by atoms with Crippen LogP contribution in [0.4, 0.5) is 10.1 Å². The van der Waals surface area contributed by atoms with Gasteiger partial charge in [-0.05, 0) is 42.5 Å². The van der Waals surface area contributed by atoms with E-state index in [0.29, 0.717) is 23.1 Å². The molecule has 0 saturated carbocycles. The van der Waals surface area contributed by atoms with Crippen molar-refractivity contribution >= 4 is 17.3 Å². The molecule has 0 aromatic heterocycles. The Kier molecular flexibility index (Phi) is 3.49. The van der Waals surface area contributed by atoms with Crippen LogP contribution in [0.1, 0.15) is 5.56 Å². The smallest absolute Gasteiger partial charge is 0.123 e. The quantitative estimate of drug-likeness (QED) is 0.846. The highest BCUT2D eigenvalue weighted by Crippen LogP contribution is 2.21. The third-order valence-corrected chi connectivity index (χ3v) is 2.65. The van der Waals surface area contributed by atoms with Crippen molar-refractivity contribution in [2.24, 2.45) is 0 Å². The largest absolute Gasteiger partial charge is 0.489 e. The molecule has 2 N–H and O–H groups in total. The number of nitrogens with two attached hydrogens (primary N) is 1. The topological polar surface area (TPSA) is 35.2 Å². The van der Waals surface area contributed by atoms with Gasteiger partial charge in [0, 0.05) is 16.3 Å². The second-order valence-corrected chi connectivity index (χ2v) is 4.00. The van der Waals surface area contributed by atoms with E-state index in [9.17, 15) is 4.39 Å². The van der Waals surface area contributed by atoms with Crippen LogP contribution in [0, 0.1) is 5.82 Å². The van der Waals surface area contributed by atoms with E-state index in [0.717, 1.165) is 5.56 Å². The van der Waals surface area contributed by atoms with Crippen LogP contribution in [0.25, 0.3) is 0 Å². The lowest BCUT2D eigenvalue weighted by Crippen LogP contribution is -1.97. The Morgan fingerprint density at radius 2 is 1.82 bits per heavy atom. The maximum atomic E-state index is 12.7. The van der Waals surface area contributed by atoms with Gasteiger partial charge in [0.2, 0.25) is 0 Å². The Morgan fingerprint density at radius 3 is 2.53 bits per heavy atom. The highest BCUT2D eigenvalue weighted by Gasteiger charge is 2.02. The monoisotopic (exact) mass is 251 g/mol. The van der Waals surface area contributed by atoms with Crippen LogP contribution in [-0.2, 0) is 6.61 Å². The molecule has 4 heteroatoms. The van der Waals surface area contributed by atoms with Crippen molar-refractivity contribution in [2.45, 2.75) is 6.61 Å². The van der Waals surface area contributed by atoms with Gasteiger partial charge in [0.25, 0.3) is 0 Å².